The Balaban J connectivity index is 0.00000190. The van der Waals surface area contributed by atoms with E-state index in [2.05, 4.69) is 31.2 Å². The van der Waals surface area contributed by atoms with Crippen molar-refractivity contribution in [1.82, 2.24) is 0 Å². The van der Waals surface area contributed by atoms with Gasteiger partial charge in [-0.2, -0.15) is 0 Å². The Bertz CT molecular complexity index is 1240. The molecule has 0 atom stereocenters. The molecule has 0 N–H and O–H groups in total. The summed E-state index contributed by atoms with van der Waals surface area (Å²) in [7, 11) is 0. The molecular weight excluding hydrogens is 499 g/mol. The van der Waals surface area contributed by atoms with Gasteiger partial charge in [0.15, 0.2) is 0 Å². The second-order valence-corrected chi connectivity index (χ2v) is 9.59. The van der Waals surface area contributed by atoms with Gasteiger partial charge in [-0.25, -0.2) is 20.0 Å². The molecule has 194 valence electrons. The monoisotopic (exact) mass is 534 g/mol. The second kappa shape index (κ2) is 14.2. The lowest BCUT2D eigenvalue weighted by atomic mass is 9.99. The van der Waals surface area contributed by atoms with Crippen molar-refractivity contribution in [3.63, 3.8) is 0 Å². The number of hydrogen-bond donors (Lipinski definition) is 0. The number of hydrogen-bond acceptors (Lipinski definition) is 4. The van der Waals surface area contributed by atoms with Crippen molar-refractivity contribution in [3.05, 3.63) is 95.2 Å². The summed E-state index contributed by atoms with van der Waals surface area (Å²) in [6.07, 6.45) is 35.6. The first kappa shape index (κ1) is 28.7. The summed E-state index contributed by atoms with van der Waals surface area (Å²) in [6.45, 7) is 2.28. The standard InChI is InChI=1S/C31H34N4.2ClH/c1-2-3-4-5-6-7-8-9-10-11-29-30-18-16-27(34-30)21-25-14-12-23(32-25)20-24-13-15-26(33-24)22-28-17-19-31(29)35-28;;/h12-22H,2-11H2,1H3;2*1H. The Labute approximate surface area is 233 Å². The van der Waals surface area contributed by atoms with E-state index in [1.165, 1.54) is 63.4 Å². The quantitative estimate of drug-likeness (QED) is 0.251. The summed E-state index contributed by atoms with van der Waals surface area (Å²) in [5, 5.41) is 0. The minimum atomic E-state index is 0. The van der Waals surface area contributed by atoms with Crippen molar-refractivity contribution < 1.29 is 0 Å². The van der Waals surface area contributed by atoms with Crippen LogP contribution in [0.1, 0.15) is 71.1 Å². The molecule has 5 rings (SSSR count). The number of halogens is 2. The largest absolute Gasteiger partial charge is 0.249 e. The van der Waals surface area contributed by atoms with Crippen LogP contribution in [0, 0.1) is 0 Å². The molecule has 4 nitrogen and oxygen atoms in total. The highest BCUT2D eigenvalue weighted by Gasteiger charge is 2.17. The summed E-state index contributed by atoms with van der Waals surface area (Å²) in [4.78, 5) is 19.3. The van der Waals surface area contributed by atoms with Crippen LogP contribution in [-0.4, -0.2) is 22.8 Å². The summed E-state index contributed by atoms with van der Waals surface area (Å²) in [5.41, 5.74) is 8.82. The predicted octanol–water partition coefficient (Wildman–Crippen LogP) is 8.71. The van der Waals surface area contributed by atoms with Crippen LogP contribution in [0.25, 0.3) is 0 Å². The third kappa shape index (κ3) is 7.83. The smallest absolute Gasteiger partial charge is 0.0691 e. The van der Waals surface area contributed by atoms with Crippen molar-refractivity contribution in [1.29, 1.82) is 0 Å². The fourth-order valence-corrected chi connectivity index (χ4v) is 4.82. The molecule has 0 spiro atoms. The molecule has 0 amide bonds. The Kier molecular flexibility index (Phi) is 11.0. The van der Waals surface area contributed by atoms with Gasteiger partial charge >= 0.3 is 0 Å². The first-order chi connectivity index (χ1) is 17.3. The third-order valence-electron chi connectivity index (χ3n) is 6.73. The first-order valence-electron chi connectivity index (χ1n) is 13.2. The molecule has 0 aromatic heterocycles. The van der Waals surface area contributed by atoms with E-state index >= 15 is 0 Å². The number of rotatable bonds is 10. The average Bonchev–Trinajstić information content (AvgIpc) is 3.65. The molecule has 8 bridgehead atoms. The average molecular weight is 536 g/mol. The van der Waals surface area contributed by atoms with Gasteiger partial charge in [0.2, 0.25) is 0 Å². The maximum absolute atomic E-state index is 4.95. The number of unbranched alkanes of at least 4 members (excludes halogenated alkanes) is 8. The molecular formula is C31H36Cl2N4. The molecule has 37 heavy (non-hydrogen) atoms. The van der Waals surface area contributed by atoms with Gasteiger partial charge < -0.3 is 0 Å². The van der Waals surface area contributed by atoms with Gasteiger partial charge in [-0.15, -0.1) is 24.8 Å². The lowest BCUT2D eigenvalue weighted by molar-refractivity contribution is 0.565. The van der Waals surface area contributed by atoms with E-state index in [9.17, 15) is 0 Å². The Morgan fingerprint density at radius 2 is 0.973 bits per heavy atom. The van der Waals surface area contributed by atoms with Crippen molar-refractivity contribution in [2.45, 2.75) is 71.1 Å². The highest BCUT2D eigenvalue weighted by atomic mass is 35.5. The predicted molar refractivity (Wildman–Crippen MR) is 164 cm³/mol. The van der Waals surface area contributed by atoms with Crippen LogP contribution in [0.3, 0.4) is 0 Å². The number of aliphatic imine (C=N–C) groups is 4. The molecule has 0 saturated carbocycles. The van der Waals surface area contributed by atoms with Crippen LogP contribution in [0.5, 0.6) is 0 Å². The van der Waals surface area contributed by atoms with Crippen LogP contribution in [0.15, 0.2) is 115 Å². The molecule has 6 heteroatoms. The van der Waals surface area contributed by atoms with E-state index in [0.29, 0.717) is 0 Å². The van der Waals surface area contributed by atoms with Crippen LogP contribution in [0.2, 0.25) is 0 Å². The van der Waals surface area contributed by atoms with E-state index in [0.717, 1.165) is 52.1 Å². The highest BCUT2D eigenvalue weighted by molar-refractivity contribution is 6.16. The van der Waals surface area contributed by atoms with Gasteiger partial charge in [0.1, 0.15) is 0 Å². The highest BCUT2D eigenvalue weighted by Crippen LogP contribution is 2.27. The topological polar surface area (TPSA) is 49.4 Å². The normalized spacial score (nSPS) is 18.6. The van der Waals surface area contributed by atoms with E-state index < -0.39 is 0 Å². The summed E-state index contributed by atoms with van der Waals surface area (Å²) in [6, 6.07) is 0. The zero-order chi connectivity index (χ0) is 23.9. The second-order valence-electron chi connectivity index (χ2n) is 9.59. The van der Waals surface area contributed by atoms with Crippen molar-refractivity contribution >= 4 is 47.7 Å². The van der Waals surface area contributed by atoms with Crippen LogP contribution < -0.4 is 0 Å². The lowest BCUT2D eigenvalue weighted by Crippen LogP contribution is -2.01. The maximum atomic E-state index is 4.95. The van der Waals surface area contributed by atoms with Gasteiger partial charge in [0.25, 0.3) is 0 Å². The molecule has 0 unspecified atom stereocenters. The van der Waals surface area contributed by atoms with E-state index in [1.54, 1.807) is 0 Å². The number of fused-ring (bicyclic) bond motifs is 4. The molecule has 0 aromatic carbocycles. The van der Waals surface area contributed by atoms with Crippen LogP contribution in [-0.2, 0) is 0 Å². The minimum absolute atomic E-state index is 0. The molecule has 5 aliphatic rings. The van der Waals surface area contributed by atoms with Gasteiger partial charge in [-0.05, 0) is 79.7 Å². The van der Waals surface area contributed by atoms with Crippen molar-refractivity contribution in [2.75, 3.05) is 0 Å². The fourth-order valence-electron chi connectivity index (χ4n) is 4.82. The third-order valence-corrected chi connectivity index (χ3v) is 6.73. The van der Waals surface area contributed by atoms with Gasteiger partial charge in [0.05, 0.1) is 45.6 Å². The zero-order valence-electron chi connectivity index (χ0n) is 21.5. The summed E-state index contributed by atoms with van der Waals surface area (Å²) in [5.74, 6) is 0. The maximum Gasteiger partial charge on any atom is 0.0691 e. The van der Waals surface area contributed by atoms with Crippen molar-refractivity contribution in [3.8, 4) is 0 Å². The Hall–Kier alpha value is -2.82. The van der Waals surface area contributed by atoms with Crippen LogP contribution in [0.4, 0.5) is 0 Å². The molecule has 5 aliphatic heterocycles. The van der Waals surface area contributed by atoms with Gasteiger partial charge in [0, 0.05) is 5.57 Å². The fraction of sp³-hybridized carbons (Fsp3) is 0.355. The SMILES string of the molecule is CCCCCCCCCCCC1=C2C=CC(=N2)C=C2C=CC(=N2)C=C2C=CC(=N2)C=C2C=CC1=N2.Cl.Cl. The molecule has 0 aliphatic carbocycles. The molecule has 0 saturated heterocycles. The van der Waals surface area contributed by atoms with Crippen LogP contribution >= 0.6 is 24.8 Å². The Morgan fingerprint density at radius 1 is 0.486 bits per heavy atom. The summed E-state index contributed by atoms with van der Waals surface area (Å²) >= 11 is 0. The lowest BCUT2D eigenvalue weighted by Gasteiger charge is -2.09. The van der Waals surface area contributed by atoms with E-state index in [4.69, 9.17) is 20.0 Å². The number of allylic oxidation sites excluding steroid dienone is 12. The minimum Gasteiger partial charge on any atom is -0.249 e. The summed E-state index contributed by atoms with van der Waals surface area (Å²) < 4.78 is 0. The van der Waals surface area contributed by atoms with Gasteiger partial charge in [-0.1, -0.05) is 58.3 Å². The molecule has 0 fully saturated rings. The molecule has 5 heterocycles. The molecule has 0 radical (unpaired) electrons. The Morgan fingerprint density at radius 3 is 1.59 bits per heavy atom. The van der Waals surface area contributed by atoms with E-state index in [1.807, 2.05) is 42.5 Å². The zero-order valence-corrected chi connectivity index (χ0v) is 23.2. The molecule has 0 aromatic rings. The van der Waals surface area contributed by atoms with Crippen molar-refractivity contribution in [2.24, 2.45) is 20.0 Å². The van der Waals surface area contributed by atoms with E-state index in [-0.39, 0.29) is 24.8 Å². The number of nitrogens with zero attached hydrogens (tertiary/aromatic N) is 4. The van der Waals surface area contributed by atoms with Gasteiger partial charge in [-0.3, -0.25) is 0 Å². The first-order valence-corrected chi connectivity index (χ1v) is 13.2.